The molecule has 6 heteroatoms. The predicted molar refractivity (Wildman–Crippen MR) is 59.0 cm³/mol. The molecule has 0 N–H and O–H groups in total. The average Bonchev–Trinajstić information content (AvgIpc) is 2.28. The van der Waals surface area contributed by atoms with Gasteiger partial charge in [-0.1, -0.05) is 30.3 Å². The Hall–Kier alpha value is -1.46. The van der Waals surface area contributed by atoms with E-state index in [0.717, 1.165) is 0 Å². The lowest BCUT2D eigenvalue weighted by atomic mass is 10.1. The van der Waals surface area contributed by atoms with Crippen molar-refractivity contribution in [3.63, 3.8) is 0 Å². The van der Waals surface area contributed by atoms with Crippen molar-refractivity contribution in [2.45, 2.75) is 32.0 Å². The Bertz CT molecular complexity index is 422. The van der Waals surface area contributed by atoms with Crippen molar-refractivity contribution < 1.29 is 22.0 Å². The van der Waals surface area contributed by atoms with Gasteiger partial charge in [-0.05, 0) is 19.4 Å². The summed E-state index contributed by atoms with van der Waals surface area (Å²) in [5.74, 6) is -4.89. The van der Waals surface area contributed by atoms with E-state index in [1.807, 2.05) is 0 Å². The summed E-state index contributed by atoms with van der Waals surface area (Å²) in [5.41, 5.74) is -0.652. The predicted octanol–water partition coefficient (Wildman–Crippen LogP) is 4.41. The summed E-state index contributed by atoms with van der Waals surface area (Å²) >= 11 is 0. The fourth-order valence-electron chi connectivity index (χ4n) is 1.38. The first kappa shape index (κ1) is 14.6. The molecule has 1 nitrogen and oxygen atoms in total. The molecule has 0 aliphatic carbocycles. The van der Waals surface area contributed by atoms with Gasteiger partial charge in [0.15, 0.2) is 0 Å². The molecule has 0 unspecified atom stereocenters. The Morgan fingerprint density at radius 3 is 2.00 bits per heavy atom. The van der Waals surface area contributed by atoms with Crippen LogP contribution in [0.2, 0.25) is 0 Å². The van der Waals surface area contributed by atoms with E-state index in [4.69, 9.17) is 0 Å². The molecule has 100 valence electrons. The lowest BCUT2D eigenvalue weighted by Gasteiger charge is -2.20. The summed E-state index contributed by atoms with van der Waals surface area (Å²) in [7, 11) is 0. The molecule has 0 saturated carbocycles. The number of rotatable bonds is 3. The molecule has 0 fully saturated rings. The molecular weight excluding hydrogens is 253 g/mol. The Labute approximate surface area is 101 Å². The topological polar surface area (TPSA) is 12.4 Å². The molecule has 18 heavy (non-hydrogen) atoms. The first-order chi connectivity index (χ1) is 8.16. The van der Waals surface area contributed by atoms with E-state index >= 15 is 0 Å². The van der Waals surface area contributed by atoms with Crippen LogP contribution in [-0.2, 0) is 0 Å². The van der Waals surface area contributed by atoms with Crippen molar-refractivity contribution in [2.75, 3.05) is 0 Å². The second-order valence-corrected chi connectivity index (χ2v) is 3.87. The molecule has 0 bridgehead atoms. The van der Waals surface area contributed by atoms with Crippen LogP contribution in [0.4, 0.5) is 22.0 Å². The van der Waals surface area contributed by atoms with Gasteiger partial charge < -0.3 is 0 Å². The molecule has 0 aliphatic rings. The van der Waals surface area contributed by atoms with Gasteiger partial charge in [0.25, 0.3) is 0 Å². The Kier molecular flexibility index (Phi) is 4.09. The molecule has 1 aromatic rings. The van der Waals surface area contributed by atoms with Gasteiger partial charge in [0.1, 0.15) is 0 Å². The van der Waals surface area contributed by atoms with Gasteiger partial charge in [0, 0.05) is 0 Å². The largest absolute Gasteiger partial charge is 0.459 e. The fraction of sp³-hybridized carbons (Fsp3) is 0.417. The minimum absolute atomic E-state index is 0.579. The zero-order valence-electron chi connectivity index (χ0n) is 9.80. The lowest BCUT2D eigenvalue weighted by Crippen LogP contribution is -2.43. The SMILES string of the molecule is C/C(=N\[C@@H](C)c1ccccc1)C(F)(F)C(F)(F)F. The van der Waals surface area contributed by atoms with Gasteiger partial charge in [-0.3, -0.25) is 4.99 Å². The Balaban J connectivity index is 2.97. The van der Waals surface area contributed by atoms with Crippen LogP contribution in [0.15, 0.2) is 35.3 Å². The highest BCUT2D eigenvalue weighted by Crippen LogP contribution is 2.37. The molecule has 0 spiro atoms. The maximum Gasteiger partial charge on any atom is 0.459 e. The van der Waals surface area contributed by atoms with Crippen molar-refractivity contribution in [3.05, 3.63) is 35.9 Å². The summed E-state index contributed by atoms with van der Waals surface area (Å²) in [6, 6.07) is 7.54. The molecule has 0 aliphatic heterocycles. The van der Waals surface area contributed by atoms with Crippen LogP contribution in [0.3, 0.4) is 0 Å². The molecule has 0 heterocycles. The number of hydrogen-bond donors (Lipinski definition) is 0. The van der Waals surface area contributed by atoms with Crippen LogP contribution >= 0.6 is 0 Å². The van der Waals surface area contributed by atoms with E-state index in [1.54, 1.807) is 30.3 Å². The average molecular weight is 265 g/mol. The summed E-state index contributed by atoms with van der Waals surface area (Å²) in [6.07, 6.45) is -5.61. The maximum atomic E-state index is 12.9. The van der Waals surface area contributed by atoms with E-state index in [9.17, 15) is 22.0 Å². The van der Waals surface area contributed by atoms with Crippen LogP contribution in [0.25, 0.3) is 0 Å². The summed E-state index contributed by atoms with van der Waals surface area (Å²) in [5, 5.41) is 0. The number of alkyl halides is 5. The van der Waals surface area contributed by atoms with E-state index in [2.05, 4.69) is 4.99 Å². The van der Waals surface area contributed by atoms with Crippen LogP contribution in [-0.4, -0.2) is 17.8 Å². The van der Waals surface area contributed by atoms with E-state index in [0.29, 0.717) is 12.5 Å². The fourth-order valence-corrected chi connectivity index (χ4v) is 1.38. The zero-order valence-corrected chi connectivity index (χ0v) is 9.80. The van der Waals surface area contributed by atoms with Gasteiger partial charge in [0.05, 0.1) is 11.8 Å². The van der Waals surface area contributed by atoms with Gasteiger partial charge in [0.2, 0.25) is 0 Å². The van der Waals surface area contributed by atoms with Gasteiger partial charge in [-0.15, -0.1) is 0 Å². The van der Waals surface area contributed by atoms with E-state index in [-0.39, 0.29) is 0 Å². The van der Waals surface area contributed by atoms with Crippen molar-refractivity contribution >= 4 is 5.71 Å². The molecule has 0 amide bonds. The number of halogens is 5. The third kappa shape index (κ3) is 3.05. The molecule has 0 radical (unpaired) electrons. The van der Waals surface area contributed by atoms with Crippen molar-refractivity contribution in [1.82, 2.24) is 0 Å². The van der Waals surface area contributed by atoms with Gasteiger partial charge >= 0.3 is 12.1 Å². The highest BCUT2D eigenvalue weighted by atomic mass is 19.4. The van der Waals surface area contributed by atoms with Gasteiger partial charge in [-0.25, -0.2) is 0 Å². The lowest BCUT2D eigenvalue weighted by molar-refractivity contribution is -0.249. The minimum Gasteiger partial charge on any atom is -0.280 e. The zero-order chi connectivity index (χ0) is 14.0. The first-order valence-electron chi connectivity index (χ1n) is 5.20. The first-order valence-corrected chi connectivity index (χ1v) is 5.20. The molecule has 1 aromatic carbocycles. The Morgan fingerprint density at radius 2 is 1.56 bits per heavy atom. The molecule has 0 saturated heterocycles. The second-order valence-electron chi connectivity index (χ2n) is 3.87. The third-order valence-electron chi connectivity index (χ3n) is 2.48. The van der Waals surface area contributed by atoms with Crippen molar-refractivity contribution in [1.29, 1.82) is 0 Å². The van der Waals surface area contributed by atoms with Crippen LogP contribution in [0.5, 0.6) is 0 Å². The van der Waals surface area contributed by atoms with Crippen molar-refractivity contribution in [2.24, 2.45) is 4.99 Å². The standard InChI is InChI=1S/C12H12F5N/c1-8(10-6-4-3-5-7-10)18-9(2)11(13,14)12(15,16)17/h3-8H,1-2H3/b18-9+/t8-/m0/s1. The monoisotopic (exact) mass is 265 g/mol. The van der Waals surface area contributed by atoms with Crippen LogP contribution in [0, 0.1) is 0 Å². The number of benzene rings is 1. The highest BCUT2D eigenvalue weighted by molar-refractivity contribution is 5.89. The van der Waals surface area contributed by atoms with Crippen molar-refractivity contribution in [3.8, 4) is 0 Å². The molecule has 0 aromatic heterocycles. The number of nitrogens with zero attached hydrogens (tertiary/aromatic N) is 1. The van der Waals surface area contributed by atoms with Crippen LogP contribution < -0.4 is 0 Å². The normalized spacial score (nSPS) is 15.6. The molecular formula is C12H12F5N. The second kappa shape index (κ2) is 5.04. The summed E-state index contributed by atoms with van der Waals surface area (Å²) < 4.78 is 62.2. The highest BCUT2D eigenvalue weighted by Gasteiger charge is 2.59. The Morgan fingerprint density at radius 1 is 1.06 bits per heavy atom. The number of hydrogen-bond acceptors (Lipinski definition) is 1. The third-order valence-corrected chi connectivity index (χ3v) is 2.48. The minimum atomic E-state index is -5.61. The summed E-state index contributed by atoms with van der Waals surface area (Å²) in [4.78, 5) is 3.43. The van der Waals surface area contributed by atoms with E-state index < -0.39 is 23.9 Å². The quantitative estimate of drug-likeness (QED) is 0.567. The summed E-state index contributed by atoms with van der Waals surface area (Å²) in [6.45, 7) is 2.15. The smallest absolute Gasteiger partial charge is 0.280 e. The van der Waals surface area contributed by atoms with Gasteiger partial charge in [-0.2, -0.15) is 22.0 Å². The molecule has 1 atom stereocenters. The number of aliphatic imine (C=N–C) groups is 1. The van der Waals surface area contributed by atoms with Crippen LogP contribution in [0.1, 0.15) is 25.5 Å². The molecule has 1 rings (SSSR count). The maximum absolute atomic E-state index is 12.9. The van der Waals surface area contributed by atoms with E-state index in [1.165, 1.54) is 6.92 Å².